The highest BCUT2D eigenvalue weighted by Gasteiger charge is 2.25. The lowest BCUT2D eigenvalue weighted by Crippen LogP contribution is -2.43. The van der Waals surface area contributed by atoms with Crippen LogP contribution >= 0.6 is 11.6 Å². The first-order chi connectivity index (χ1) is 20.2. The summed E-state index contributed by atoms with van der Waals surface area (Å²) in [4.78, 5) is 22.0. The normalized spacial score (nSPS) is 13.3. The van der Waals surface area contributed by atoms with Crippen LogP contribution in [0.3, 0.4) is 0 Å². The number of carbonyl (C=O) groups excluding carboxylic acids is 1. The van der Waals surface area contributed by atoms with E-state index in [0.717, 1.165) is 6.33 Å². The summed E-state index contributed by atoms with van der Waals surface area (Å²) in [5.74, 6) is -0.145. The largest absolute Gasteiger partial charge is 0.497 e. The Morgan fingerprint density at radius 3 is 2.55 bits per heavy atom. The van der Waals surface area contributed by atoms with Crippen LogP contribution in [0.4, 0.5) is 5.82 Å². The molecule has 16 heteroatoms. The molecule has 2 N–H and O–H groups in total. The van der Waals surface area contributed by atoms with Gasteiger partial charge in [-0.1, -0.05) is 11.6 Å². The summed E-state index contributed by atoms with van der Waals surface area (Å²) in [5, 5.41) is 9.42. The Bertz CT molecular complexity index is 1500. The van der Waals surface area contributed by atoms with E-state index >= 15 is 0 Å². The van der Waals surface area contributed by atoms with E-state index in [1.54, 1.807) is 11.0 Å². The Labute approximate surface area is 247 Å². The van der Waals surface area contributed by atoms with Gasteiger partial charge in [0.15, 0.2) is 23.9 Å². The van der Waals surface area contributed by atoms with E-state index in [1.165, 1.54) is 44.6 Å². The third kappa shape index (κ3) is 7.61. The van der Waals surface area contributed by atoms with Gasteiger partial charge in [0.25, 0.3) is 21.8 Å². The molecule has 1 aliphatic rings. The maximum absolute atomic E-state index is 13.5. The summed E-state index contributed by atoms with van der Waals surface area (Å²) in [5.41, 5.74) is 0. The molecule has 4 rings (SSSR count). The molecule has 14 nitrogen and oxygen atoms in total. The molecule has 42 heavy (non-hydrogen) atoms. The van der Waals surface area contributed by atoms with Crippen molar-refractivity contribution >= 4 is 33.3 Å². The second-order valence-electron chi connectivity index (χ2n) is 8.53. The van der Waals surface area contributed by atoms with Gasteiger partial charge in [0, 0.05) is 25.2 Å². The van der Waals surface area contributed by atoms with Gasteiger partial charge < -0.3 is 38.4 Å². The molecule has 0 aliphatic carbocycles. The fraction of sp³-hybridized carbons (Fsp3) is 0.346. The molecule has 1 fully saturated rings. The Kier molecular flexibility index (Phi) is 10.5. The molecule has 226 valence electrons. The molecule has 1 aromatic heterocycles. The molecule has 0 radical (unpaired) electrons. The van der Waals surface area contributed by atoms with Gasteiger partial charge in [-0.15, -0.1) is 0 Å². The number of nitrogens with one attached hydrogen (secondary N) is 1. The van der Waals surface area contributed by atoms with Crippen LogP contribution in [0.15, 0.2) is 47.6 Å². The van der Waals surface area contributed by atoms with Crippen molar-refractivity contribution in [3.8, 4) is 34.6 Å². The van der Waals surface area contributed by atoms with Crippen LogP contribution < -0.4 is 28.4 Å². The third-order valence-corrected chi connectivity index (χ3v) is 7.49. The summed E-state index contributed by atoms with van der Waals surface area (Å²) in [6, 6.07) is 8.53. The van der Waals surface area contributed by atoms with Crippen LogP contribution in [-0.4, -0.2) is 94.6 Å². The Hall–Kier alpha value is -4.05. The van der Waals surface area contributed by atoms with Crippen molar-refractivity contribution in [2.45, 2.75) is 4.90 Å². The Morgan fingerprint density at radius 2 is 1.83 bits per heavy atom. The van der Waals surface area contributed by atoms with E-state index in [1.807, 2.05) is 0 Å². The fourth-order valence-electron chi connectivity index (χ4n) is 3.73. The molecular formula is C26H29ClN4O10S. The van der Waals surface area contributed by atoms with Crippen molar-refractivity contribution in [1.82, 2.24) is 14.9 Å². The summed E-state index contributed by atoms with van der Waals surface area (Å²) >= 11 is 6.29. The van der Waals surface area contributed by atoms with Gasteiger partial charge in [-0.2, -0.15) is 4.98 Å². The number of carbonyl (C=O) groups is 1. The minimum absolute atomic E-state index is 0.0382. The molecule has 1 aliphatic heterocycles. The van der Waals surface area contributed by atoms with Crippen LogP contribution in [0.1, 0.15) is 0 Å². The van der Waals surface area contributed by atoms with Gasteiger partial charge in [0.05, 0.1) is 44.0 Å². The standard InChI is InChI=1S/C26H29ClN4O10S/c1-36-17-3-5-19(27)21(13-17)41-24-25(28-16-29-26(24)39-12-9-32)30-42(34,35)18-4-6-20(37-2)22(14-18)40-15-23(33)31-7-10-38-11-8-31/h3-6,13-14,16,32H,7-12,15H2,1-2H3,(H,28,29,30). The number of hydrogen-bond acceptors (Lipinski definition) is 12. The molecule has 0 unspecified atom stereocenters. The number of rotatable bonds is 13. The van der Waals surface area contributed by atoms with Crippen LogP contribution in [0.5, 0.6) is 34.6 Å². The van der Waals surface area contributed by atoms with Gasteiger partial charge in [-0.05, 0) is 24.3 Å². The molecule has 2 heterocycles. The number of morpholine rings is 1. The molecule has 0 atom stereocenters. The highest BCUT2D eigenvalue weighted by molar-refractivity contribution is 7.92. The predicted octanol–water partition coefficient (Wildman–Crippen LogP) is 2.35. The summed E-state index contributed by atoms with van der Waals surface area (Å²) < 4.78 is 62.1. The summed E-state index contributed by atoms with van der Waals surface area (Å²) in [6.07, 6.45) is 1.06. The van der Waals surface area contributed by atoms with Gasteiger partial charge in [-0.25, -0.2) is 13.4 Å². The van der Waals surface area contributed by atoms with Crippen molar-refractivity contribution < 1.29 is 46.7 Å². The van der Waals surface area contributed by atoms with E-state index < -0.39 is 10.0 Å². The van der Waals surface area contributed by atoms with Crippen molar-refractivity contribution in [2.24, 2.45) is 0 Å². The van der Waals surface area contributed by atoms with Crippen LogP contribution in [0, 0.1) is 0 Å². The summed E-state index contributed by atoms with van der Waals surface area (Å²) in [7, 11) is -1.48. The number of ether oxygens (including phenoxy) is 6. The minimum atomic E-state index is -4.33. The zero-order chi connectivity index (χ0) is 30.1. The maximum Gasteiger partial charge on any atom is 0.263 e. The molecule has 1 amide bonds. The van der Waals surface area contributed by atoms with Crippen LogP contribution in [0.2, 0.25) is 5.02 Å². The zero-order valence-corrected chi connectivity index (χ0v) is 24.3. The quantitative estimate of drug-likeness (QED) is 0.285. The molecule has 1 saturated heterocycles. The lowest BCUT2D eigenvalue weighted by Gasteiger charge is -2.26. The lowest BCUT2D eigenvalue weighted by molar-refractivity contribution is -0.137. The number of aliphatic hydroxyl groups excluding tert-OH is 1. The van der Waals surface area contributed by atoms with Gasteiger partial charge in [0.1, 0.15) is 24.4 Å². The molecule has 0 spiro atoms. The number of anilines is 1. The van der Waals surface area contributed by atoms with Crippen molar-refractivity contribution in [2.75, 3.05) is 65.1 Å². The molecule has 0 saturated carbocycles. The minimum Gasteiger partial charge on any atom is -0.497 e. The van der Waals surface area contributed by atoms with Crippen molar-refractivity contribution in [1.29, 1.82) is 0 Å². The first-order valence-electron chi connectivity index (χ1n) is 12.5. The number of aliphatic hydroxyl groups is 1. The second kappa shape index (κ2) is 14.2. The van der Waals surface area contributed by atoms with Crippen LogP contribution in [-0.2, 0) is 19.6 Å². The molecule has 0 bridgehead atoms. The zero-order valence-electron chi connectivity index (χ0n) is 22.7. The average molecular weight is 625 g/mol. The predicted molar refractivity (Wildman–Crippen MR) is 149 cm³/mol. The third-order valence-electron chi connectivity index (χ3n) is 5.84. The lowest BCUT2D eigenvalue weighted by atomic mass is 10.3. The highest BCUT2D eigenvalue weighted by atomic mass is 35.5. The molecular weight excluding hydrogens is 596 g/mol. The number of aromatic nitrogens is 2. The summed E-state index contributed by atoms with van der Waals surface area (Å²) in [6.45, 7) is 0.906. The number of methoxy groups -OCH3 is 2. The maximum atomic E-state index is 13.5. The van der Waals surface area contributed by atoms with Crippen molar-refractivity contribution in [3.63, 3.8) is 0 Å². The number of amides is 1. The van der Waals surface area contributed by atoms with E-state index in [4.69, 9.17) is 40.0 Å². The van der Waals surface area contributed by atoms with Gasteiger partial charge in [0.2, 0.25) is 5.75 Å². The number of nitrogens with zero attached hydrogens (tertiary/aromatic N) is 3. The monoisotopic (exact) mass is 624 g/mol. The first kappa shape index (κ1) is 30.9. The Balaban J connectivity index is 1.62. The average Bonchev–Trinajstić information content (AvgIpc) is 3.01. The number of hydrogen-bond donors (Lipinski definition) is 2. The van der Waals surface area contributed by atoms with E-state index in [-0.39, 0.29) is 70.3 Å². The highest BCUT2D eigenvalue weighted by Crippen LogP contribution is 2.40. The van der Waals surface area contributed by atoms with Crippen LogP contribution in [0.25, 0.3) is 0 Å². The first-order valence-corrected chi connectivity index (χ1v) is 14.4. The van der Waals surface area contributed by atoms with Gasteiger partial charge in [-0.3, -0.25) is 9.52 Å². The molecule has 3 aromatic rings. The fourth-order valence-corrected chi connectivity index (χ4v) is 4.92. The molecule has 2 aromatic carbocycles. The number of benzene rings is 2. The smallest absolute Gasteiger partial charge is 0.263 e. The topological polar surface area (TPSA) is 168 Å². The second-order valence-corrected chi connectivity index (χ2v) is 10.6. The van der Waals surface area contributed by atoms with Gasteiger partial charge >= 0.3 is 0 Å². The number of sulfonamides is 1. The Morgan fingerprint density at radius 1 is 1.05 bits per heavy atom. The van der Waals surface area contributed by atoms with E-state index in [2.05, 4.69) is 14.7 Å². The van der Waals surface area contributed by atoms with E-state index in [0.29, 0.717) is 32.1 Å². The van der Waals surface area contributed by atoms with Crippen molar-refractivity contribution in [3.05, 3.63) is 47.7 Å². The SMILES string of the molecule is COc1ccc(Cl)c(Oc2c(NS(=O)(=O)c3ccc(OC)c(OCC(=O)N4CCOCC4)c3)ncnc2OCCO)c1. The van der Waals surface area contributed by atoms with E-state index in [9.17, 15) is 18.3 Å². The number of halogens is 1.